The number of carbonyl (C=O) groups excluding carboxylic acids is 3. The first kappa shape index (κ1) is 24.7. The van der Waals surface area contributed by atoms with Crippen LogP contribution in [0, 0.1) is 0 Å². The molecular formula is C13H18F3N3O7S. The summed E-state index contributed by atoms with van der Waals surface area (Å²) < 4.78 is 36.5. The first-order chi connectivity index (χ1) is 12.3. The van der Waals surface area contributed by atoms with Crippen molar-refractivity contribution < 1.29 is 47.4 Å². The van der Waals surface area contributed by atoms with Crippen molar-refractivity contribution >= 4 is 41.3 Å². The predicted molar refractivity (Wildman–Crippen MR) is 85.8 cm³/mol. The molecule has 10 nitrogen and oxygen atoms in total. The Morgan fingerprint density at radius 3 is 2.19 bits per heavy atom. The normalized spacial score (nSPS) is 13.3. The van der Waals surface area contributed by atoms with Crippen LogP contribution < -0.4 is 16.4 Å². The number of carboxylic acid groups (broad SMARTS) is 2. The monoisotopic (exact) mass is 417 g/mol. The van der Waals surface area contributed by atoms with Gasteiger partial charge in [0, 0.05) is 12.2 Å². The fourth-order valence-corrected chi connectivity index (χ4v) is 2.43. The molecule has 0 heterocycles. The number of halogens is 3. The van der Waals surface area contributed by atoms with Crippen LogP contribution in [0.4, 0.5) is 13.2 Å². The van der Waals surface area contributed by atoms with E-state index in [9.17, 15) is 37.1 Å². The summed E-state index contributed by atoms with van der Waals surface area (Å²) in [6, 6.07) is -2.75. The lowest BCUT2D eigenvalue weighted by molar-refractivity contribution is -0.167. The van der Waals surface area contributed by atoms with Gasteiger partial charge in [0.15, 0.2) is 0 Å². The van der Waals surface area contributed by atoms with E-state index in [1.807, 2.05) is 5.32 Å². The van der Waals surface area contributed by atoms with Crippen molar-refractivity contribution in [1.82, 2.24) is 10.6 Å². The average molecular weight is 417 g/mol. The standard InChI is InChI=1S/C13H18F3N3O7S/c14-13(15,16)8(20)5-27-4-7(11(24)18-3-10(22)23)19-9(21)2-1-6(17)12(25)26/h6-7H,1-5,17H2,(H,18,24)(H,19,21)(H,22,23)(H,25,26). The summed E-state index contributed by atoms with van der Waals surface area (Å²) in [5.74, 6) is -8.00. The van der Waals surface area contributed by atoms with Gasteiger partial charge in [0.1, 0.15) is 18.6 Å². The molecule has 0 fully saturated rings. The van der Waals surface area contributed by atoms with Gasteiger partial charge in [-0.1, -0.05) is 0 Å². The Bertz CT molecular complexity index is 586. The molecule has 0 aliphatic carbocycles. The minimum Gasteiger partial charge on any atom is -0.480 e. The fourth-order valence-electron chi connectivity index (χ4n) is 1.50. The molecule has 0 spiro atoms. The molecule has 0 saturated heterocycles. The zero-order valence-electron chi connectivity index (χ0n) is 13.7. The lowest BCUT2D eigenvalue weighted by atomic mass is 10.1. The molecule has 14 heteroatoms. The number of aliphatic carboxylic acids is 2. The molecule has 27 heavy (non-hydrogen) atoms. The first-order valence-corrected chi connectivity index (χ1v) is 8.45. The number of thioether (sulfide) groups is 1. The molecule has 0 aromatic rings. The Balaban J connectivity index is 4.75. The number of alkyl halides is 3. The number of nitrogens with two attached hydrogens (primary N) is 1. The molecule has 0 radical (unpaired) electrons. The minimum atomic E-state index is -5.04. The minimum absolute atomic E-state index is 0.260. The van der Waals surface area contributed by atoms with Crippen molar-refractivity contribution in [1.29, 1.82) is 0 Å². The zero-order chi connectivity index (χ0) is 21.2. The molecule has 2 amide bonds. The van der Waals surface area contributed by atoms with Gasteiger partial charge in [-0.2, -0.15) is 24.9 Å². The van der Waals surface area contributed by atoms with E-state index in [2.05, 4.69) is 5.32 Å². The Kier molecular flexibility index (Phi) is 10.4. The van der Waals surface area contributed by atoms with Gasteiger partial charge in [-0.15, -0.1) is 0 Å². The average Bonchev–Trinajstić information content (AvgIpc) is 2.55. The highest BCUT2D eigenvalue weighted by Crippen LogP contribution is 2.19. The van der Waals surface area contributed by atoms with Crippen LogP contribution in [0.2, 0.25) is 0 Å². The van der Waals surface area contributed by atoms with Crippen molar-refractivity contribution in [3.63, 3.8) is 0 Å². The van der Waals surface area contributed by atoms with Gasteiger partial charge in [0.05, 0.1) is 5.75 Å². The van der Waals surface area contributed by atoms with Gasteiger partial charge in [-0.25, -0.2) is 0 Å². The summed E-state index contributed by atoms with van der Waals surface area (Å²) in [4.78, 5) is 55.5. The number of rotatable bonds is 12. The number of carboxylic acids is 2. The van der Waals surface area contributed by atoms with E-state index in [0.717, 1.165) is 0 Å². The third-order valence-corrected chi connectivity index (χ3v) is 3.93. The Hall–Kier alpha value is -2.35. The number of nitrogens with one attached hydrogen (secondary N) is 2. The van der Waals surface area contributed by atoms with Crippen LogP contribution in [0.5, 0.6) is 0 Å². The second kappa shape index (κ2) is 11.4. The quantitative estimate of drug-likeness (QED) is 0.259. The van der Waals surface area contributed by atoms with Crippen LogP contribution in [-0.2, 0) is 24.0 Å². The van der Waals surface area contributed by atoms with Gasteiger partial charge in [0.25, 0.3) is 0 Å². The number of hydrogen-bond acceptors (Lipinski definition) is 7. The van der Waals surface area contributed by atoms with E-state index >= 15 is 0 Å². The molecule has 0 aliphatic heterocycles. The predicted octanol–water partition coefficient (Wildman–Crippen LogP) is -1.27. The molecule has 0 bridgehead atoms. The molecule has 0 aromatic carbocycles. The van der Waals surface area contributed by atoms with Crippen LogP contribution in [0.15, 0.2) is 0 Å². The molecule has 2 atom stereocenters. The van der Waals surface area contributed by atoms with Crippen molar-refractivity contribution in [2.75, 3.05) is 18.1 Å². The lowest BCUT2D eigenvalue weighted by Gasteiger charge is -2.18. The van der Waals surface area contributed by atoms with Crippen molar-refractivity contribution in [2.45, 2.75) is 31.1 Å². The van der Waals surface area contributed by atoms with Gasteiger partial charge in [0.2, 0.25) is 17.6 Å². The highest BCUT2D eigenvalue weighted by atomic mass is 32.2. The number of ketones is 1. The second-order valence-corrected chi connectivity index (χ2v) is 6.18. The van der Waals surface area contributed by atoms with Crippen LogP contribution in [-0.4, -0.2) is 76.1 Å². The first-order valence-electron chi connectivity index (χ1n) is 7.29. The maximum atomic E-state index is 12.2. The third-order valence-electron chi connectivity index (χ3n) is 2.90. The zero-order valence-corrected chi connectivity index (χ0v) is 14.6. The van der Waals surface area contributed by atoms with E-state index in [1.54, 1.807) is 0 Å². The molecule has 0 saturated carbocycles. The topological polar surface area (TPSA) is 176 Å². The Labute approximate surface area is 155 Å². The SMILES string of the molecule is NC(CCC(=O)NC(CSCC(=O)C(F)(F)F)C(=O)NCC(=O)O)C(=O)O. The fraction of sp³-hybridized carbons (Fsp3) is 0.615. The summed E-state index contributed by atoms with van der Waals surface area (Å²) in [6.45, 7) is -0.790. The third kappa shape index (κ3) is 11.1. The maximum Gasteiger partial charge on any atom is 0.450 e. The molecular weight excluding hydrogens is 399 g/mol. The van der Waals surface area contributed by atoms with Crippen LogP contribution >= 0.6 is 11.8 Å². The largest absolute Gasteiger partial charge is 0.480 e. The molecule has 2 unspecified atom stereocenters. The highest BCUT2D eigenvalue weighted by molar-refractivity contribution is 8.00. The van der Waals surface area contributed by atoms with Crippen molar-refractivity contribution in [3.8, 4) is 0 Å². The molecule has 0 aliphatic rings. The van der Waals surface area contributed by atoms with E-state index < -0.39 is 65.8 Å². The van der Waals surface area contributed by atoms with E-state index in [-0.39, 0.29) is 12.8 Å². The maximum absolute atomic E-state index is 12.2. The number of carbonyl (C=O) groups is 5. The highest BCUT2D eigenvalue weighted by Gasteiger charge is 2.37. The number of hydrogen-bond donors (Lipinski definition) is 5. The second-order valence-electron chi connectivity index (χ2n) is 5.15. The van der Waals surface area contributed by atoms with Crippen molar-refractivity contribution in [3.05, 3.63) is 0 Å². The van der Waals surface area contributed by atoms with Gasteiger partial charge < -0.3 is 26.6 Å². The van der Waals surface area contributed by atoms with E-state index in [0.29, 0.717) is 11.8 Å². The smallest absolute Gasteiger partial charge is 0.450 e. The molecule has 154 valence electrons. The Morgan fingerprint density at radius 1 is 1.11 bits per heavy atom. The summed E-state index contributed by atoms with van der Waals surface area (Å²) in [5.41, 5.74) is 5.22. The Morgan fingerprint density at radius 2 is 1.70 bits per heavy atom. The van der Waals surface area contributed by atoms with Crippen LogP contribution in [0.1, 0.15) is 12.8 Å². The van der Waals surface area contributed by atoms with Gasteiger partial charge in [-0.3, -0.25) is 24.0 Å². The number of Topliss-reactive ketones (excluding diaryl/α,β-unsaturated/α-hetero) is 1. The van der Waals surface area contributed by atoms with E-state index in [1.165, 1.54) is 0 Å². The molecule has 0 rings (SSSR count). The summed E-state index contributed by atoms with van der Waals surface area (Å²) in [7, 11) is 0. The van der Waals surface area contributed by atoms with Crippen molar-refractivity contribution in [2.24, 2.45) is 5.73 Å². The number of amides is 2. The summed E-state index contributed by atoms with van der Waals surface area (Å²) in [5, 5.41) is 21.2. The van der Waals surface area contributed by atoms with Crippen LogP contribution in [0.25, 0.3) is 0 Å². The van der Waals surface area contributed by atoms with Gasteiger partial charge >= 0.3 is 18.1 Å². The lowest BCUT2D eigenvalue weighted by Crippen LogP contribution is -2.49. The summed E-state index contributed by atoms with van der Waals surface area (Å²) in [6.07, 6.45) is -5.68. The van der Waals surface area contributed by atoms with E-state index in [4.69, 9.17) is 15.9 Å². The summed E-state index contributed by atoms with van der Waals surface area (Å²) >= 11 is 0.419. The molecule has 0 aromatic heterocycles. The van der Waals surface area contributed by atoms with Gasteiger partial charge in [-0.05, 0) is 6.42 Å². The van der Waals surface area contributed by atoms with Crippen LogP contribution in [0.3, 0.4) is 0 Å². The molecule has 6 N–H and O–H groups in total.